The molecule has 0 bridgehead atoms. The monoisotopic (exact) mass is 342 g/mol. The number of nitrogens with one attached hydrogen (secondary N) is 1. The average molecular weight is 342 g/mol. The number of ether oxygens (including phenoxy) is 1. The van der Waals surface area contributed by atoms with E-state index in [-0.39, 0.29) is 29.7 Å². The summed E-state index contributed by atoms with van der Waals surface area (Å²) in [4.78, 5) is 41.0. The number of benzene rings is 1. The molecule has 2 heterocycles. The van der Waals surface area contributed by atoms with Gasteiger partial charge in [0.25, 0.3) is 5.91 Å². The van der Waals surface area contributed by atoms with Gasteiger partial charge in [0.1, 0.15) is 0 Å². The van der Waals surface area contributed by atoms with E-state index >= 15 is 0 Å². The number of esters is 1. The van der Waals surface area contributed by atoms with Gasteiger partial charge in [0.15, 0.2) is 6.61 Å². The van der Waals surface area contributed by atoms with Crippen LogP contribution in [0.1, 0.15) is 43.0 Å². The summed E-state index contributed by atoms with van der Waals surface area (Å²) in [6.07, 6.45) is 4.00. The van der Waals surface area contributed by atoms with Gasteiger partial charge in [-0.1, -0.05) is 25.1 Å². The fourth-order valence-corrected chi connectivity index (χ4v) is 3.41. The van der Waals surface area contributed by atoms with Crippen LogP contribution in [-0.4, -0.2) is 41.0 Å². The highest BCUT2D eigenvalue weighted by Gasteiger charge is 2.26. The zero-order valence-electron chi connectivity index (χ0n) is 14.3. The summed E-state index contributed by atoms with van der Waals surface area (Å²) in [5.41, 5.74) is 0.368. The predicted molar refractivity (Wildman–Crippen MR) is 94.5 cm³/mol. The summed E-state index contributed by atoms with van der Waals surface area (Å²) in [7, 11) is 0. The van der Waals surface area contributed by atoms with Crippen LogP contribution in [0.15, 0.2) is 35.1 Å². The van der Waals surface area contributed by atoms with Crippen molar-refractivity contribution in [1.29, 1.82) is 0 Å². The fourth-order valence-electron chi connectivity index (χ4n) is 3.41. The number of piperidine rings is 1. The Morgan fingerprint density at radius 2 is 2.08 bits per heavy atom. The van der Waals surface area contributed by atoms with E-state index in [2.05, 4.69) is 11.9 Å². The van der Waals surface area contributed by atoms with Gasteiger partial charge in [-0.2, -0.15) is 0 Å². The average Bonchev–Trinajstić information content (AvgIpc) is 2.65. The molecule has 6 nitrogen and oxygen atoms in total. The Bertz CT molecular complexity index is 843. The highest BCUT2D eigenvalue weighted by atomic mass is 16.5. The third-order valence-corrected chi connectivity index (χ3v) is 4.72. The normalized spacial score (nSPS) is 17.5. The molecule has 3 rings (SSSR count). The van der Waals surface area contributed by atoms with Gasteiger partial charge in [0.05, 0.1) is 5.56 Å². The first kappa shape index (κ1) is 17.2. The van der Waals surface area contributed by atoms with Crippen LogP contribution in [0.4, 0.5) is 0 Å². The minimum absolute atomic E-state index is 0.172. The second-order valence-electron chi connectivity index (χ2n) is 6.31. The maximum atomic E-state index is 12.4. The number of likely N-dealkylation sites (tertiary alicyclic amines) is 1. The first-order valence-corrected chi connectivity index (χ1v) is 8.69. The number of aromatic amines is 1. The molecule has 1 fully saturated rings. The zero-order chi connectivity index (χ0) is 17.8. The summed E-state index contributed by atoms with van der Waals surface area (Å²) in [5.74, 6) is -0.824. The van der Waals surface area contributed by atoms with Crippen molar-refractivity contribution >= 4 is 22.8 Å². The van der Waals surface area contributed by atoms with Crippen molar-refractivity contribution in [3.8, 4) is 0 Å². The minimum Gasteiger partial charge on any atom is -0.452 e. The second kappa shape index (κ2) is 7.51. The predicted octanol–water partition coefficient (Wildman–Crippen LogP) is 2.48. The molecule has 25 heavy (non-hydrogen) atoms. The summed E-state index contributed by atoms with van der Waals surface area (Å²) >= 11 is 0. The molecule has 0 aliphatic carbocycles. The van der Waals surface area contributed by atoms with E-state index in [1.54, 1.807) is 24.3 Å². The maximum absolute atomic E-state index is 12.4. The highest BCUT2D eigenvalue weighted by molar-refractivity contribution is 6.03. The van der Waals surface area contributed by atoms with Crippen molar-refractivity contribution in [3.05, 3.63) is 46.2 Å². The van der Waals surface area contributed by atoms with Crippen molar-refractivity contribution in [2.75, 3.05) is 13.2 Å². The van der Waals surface area contributed by atoms with Gasteiger partial charge in [0.2, 0.25) is 5.56 Å². The molecule has 1 aliphatic heterocycles. The third-order valence-electron chi connectivity index (χ3n) is 4.72. The number of aromatic nitrogens is 1. The van der Waals surface area contributed by atoms with Crippen LogP contribution in [-0.2, 0) is 9.53 Å². The van der Waals surface area contributed by atoms with Gasteiger partial charge in [-0.05, 0) is 31.7 Å². The van der Waals surface area contributed by atoms with Gasteiger partial charge in [-0.25, -0.2) is 4.79 Å². The van der Waals surface area contributed by atoms with Crippen LogP contribution in [0.3, 0.4) is 0 Å². The number of amides is 1. The SMILES string of the molecule is CC[C@@H]1CCCCN1C(=O)COC(=O)c1cc(=O)[nH]c2ccccc12. The van der Waals surface area contributed by atoms with Crippen LogP contribution in [0.25, 0.3) is 10.9 Å². The first-order chi connectivity index (χ1) is 12.1. The van der Waals surface area contributed by atoms with E-state index in [1.807, 2.05) is 4.90 Å². The number of hydrogen-bond acceptors (Lipinski definition) is 4. The molecule has 0 radical (unpaired) electrons. The molecule has 0 spiro atoms. The van der Waals surface area contributed by atoms with Gasteiger partial charge in [-0.3, -0.25) is 9.59 Å². The lowest BCUT2D eigenvalue weighted by Crippen LogP contribution is -2.45. The molecule has 1 saturated heterocycles. The third kappa shape index (κ3) is 3.73. The van der Waals surface area contributed by atoms with Gasteiger partial charge < -0.3 is 14.6 Å². The van der Waals surface area contributed by atoms with Gasteiger partial charge >= 0.3 is 5.97 Å². The fraction of sp³-hybridized carbons (Fsp3) is 0.421. The standard InChI is InChI=1S/C19H22N2O4/c1-2-13-7-5-6-10-21(13)18(23)12-25-19(24)15-11-17(22)20-16-9-4-3-8-14(15)16/h3-4,8-9,11,13H,2,5-7,10,12H2,1H3,(H,20,22)/t13-/m1/s1. The maximum Gasteiger partial charge on any atom is 0.339 e. The van der Waals surface area contributed by atoms with E-state index in [0.717, 1.165) is 25.7 Å². The molecule has 1 amide bonds. The lowest BCUT2D eigenvalue weighted by molar-refractivity contribution is -0.138. The summed E-state index contributed by atoms with van der Waals surface area (Å²) in [6.45, 7) is 2.48. The Kier molecular flexibility index (Phi) is 5.16. The first-order valence-electron chi connectivity index (χ1n) is 8.69. The van der Waals surface area contributed by atoms with E-state index in [0.29, 0.717) is 17.4 Å². The minimum atomic E-state index is -0.652. The van der Waals surface area contributed by atoms with Crippen molar-refractivity contribution in [1.82, 2.24) is 9.88 Å². The number of fused-ring (bicyclic) bond motifs is 1. The number of rotatable bonds is 4. The number of carbonyl (C=O) groups is 2. The Morgan fingerprint density at radius 3 is 2.88 bits per heavy atom. The topological polar surface area (TPSA) is 79.5 Å². The van der Waals surface area contributed by atoms with Crippen LogP contribution < -0.4 is 5.56 Å². The highest BCUT2D eigenvalue weighted by Crippen LogP contribution is 2.20. The zero-order valence-corrected chi connectivity index (χ0v) is 14.3. The molecular weight excluding hydrogens is 320 g/mol. The Morgan fingerprint density at radius 1 is 1.28 bits per heavy atom. The molecule has 0 unspecified atom stereocenters. The number of pyridine rings is 1. The number of para-hydroxylation sites is 1. The molecule has 1 aliphatic rings. The van der Waals surface area contributed by atoms with Crippen molar-refractivity contribution < 1.29 is 14.3 Å². The molecular formula is C19H22N2O4. The van der Waals surface area contributed by atoms with Crippen molar-refractivity contribution in [2.24, 2.45) is 0 Å². The van der Waals surface area contributed by atoms with Crippen molar-refractivity contribution in [2.45, 2.75) is 38.6 Å². The largest absolute Gasteiger partial charge is 0.452 e. The number of hydrogen-bond donors (Lipinski definition) is 1. The molecule has 2 aromatic rings. The van der Waals surface area contributed by atoms with Crippen LogP contribution in [0.2, 0.25) is 0 Å². The van der Waals surface area contributed by atoms with Crippen LogP contribution in [0, 0.1) is 0 Å². The number of carbonyl (C=O) groups excluding carboxylic acids is 2. The Labute approximate surface area is 145 Å². The van der Waals surface area contributed by atoms with Crippen LogP contribution >= 0.6 is 0 Å². The van der Waals surface area contributed by atoms with E-state index in [4.69, 9.17) is 4.74 Å². The van der Waals surface area contributed by atoms with E-state index in [1.165, 1.54) is 6.07 Å². The molecule has 0 saturated carbocycles. The Hall–Kier alpha value is -2.63. The molecule has 1 N–H and O–H groups in total. The second-order valence-corrected chi connectivity index (χ2v) is 6.31. The molecule has 132 valence electrons. The summed E-state index contributed by atoms with van der Waals surface area (Å²) in [6, 6.07) is 8.45. The number of nitrogens with zero attached hydrogens (tertiary/aromatic N) is 1. The van der Waals surface area contributed by atoms with Gasteiger partial charge in [-0.15, -0.1) is 0 Å². The Balaban J connectivity index is 1.73. The summed E-state index contributed by atoms with van der Waals surface area (Å²) in [5, 5.41) is 0.601. The quantitative estimate of drug-likeness (QED) is 0.866. The molecule has 1 aromatic heterocycles. The smallest absolute Gasteiger partial charge is 0.339 e. The van der Waals surface area contributed by atoms with Crippen molar-refractivity contribution in [3.63, 3.8) is 0 Å². The van der Waals surface area contributed by atoms with Gasteiger partial charge in [0, 0.05) is 29.6 Å². The lowest BCUT2D eigenvalue weighted by Gasteiger charge is -2.35. The van der Waals surface area contributed by atoms with E-state index in [9.17, 15) is 14.4 Å². The van der Waals surface area contributed by atoms with Crippen LogP contribution in [0.5, 0.6) is 0 Å². The molecule has 1 aromatic carbocycles. The molecule has 6 heteroatoms. The summed E-state index contributed by atoms with van der Waals surface area (Å²) < 4.78 is 5.22. The van der Waals surface area contributed by atoms with E-state index < -0.39 is 5.97 Å². The number of H-pyrrole nitrogens is 1. The lowest BCUT2D eigenvalue weighted by atomic mass is 10.00. The molecule has 1 atom stereocenters.